The van der Waals surface area contributed by atoms with Gasteiger partial charge < -0.3 is 11.1 Å². The third kappa shape index (κ3) is 4.19. The highest BCUT2D eigenvalue weighted by Gasteiger charge is 2.23. The smallest absolute Gasteiger partial charge is 0.226 e. The zero-order chi connectivity index (χ0) is 13.1. The Hall–Kier alpha value is -1.36. The molecule has 1 rings (SSSR count). The first-order valence-corrected chi connectivity index (χ1v) is 5.91. The van der Waals surface area contributed by atoms with E-state index in [-0.39, 0.29) is 17.4 Å². The standard InChI is InChI=1S/C12H22N4O/c1-5-16-8-9(7-14-16)15-11(17)6-10(13)12(2,3)4/h7-8,10H,5-6,13H2,1-4H3,(H,15,17). The second kappa shape index (κ2) is 5.31. The fourth-order valence-electron chi connectivity index (χ4n) is 1.32. The Morgan fingerprint density at radius 2 is 2.24 bits per heavy atom. The summed E-state index contributed by atoms with van der Waals surface area (Å²) in [5.41, 5.74) is 6.61. The van der Waals surface area contributed by atoms with E-state index >= 15 is 0 Å². The summed E-state index contributed by atoms with van der Waals surface area (Å²) in [6.45, 7) is 8.87. The molecule has 0 aromatic carbocycles. The van der Waals surface area contributed by atoms with Gasteiger partial charge in [-0.05, 0) is 12.3 Å². The molecule has 0 saturated carbocycles. The van der Waals surface area contributed by atoms with Crippen molar-refractivity contribution in [3.05, 3.63) is 12.4 Å². The molecule has 0 bridgehead atoms. The summed E-state index contributed by atoms with van der Waals surface area (Å²) in [4.78, 5) is 11.7. The van der Waals surface area contributed by atoms with Crippen molar-refractivity contribution < 1.29 is 4.79 Å². The normalized spacial score (nSPS) is 13.5. The van der Waals surface area contributed by atoms with Gasteiger partial charge in [0, 0.05) is 25.2 Å². The molecule has 1 unspecified atom stereocenters. The van der Waals surface area contributed by atoms with Crippen LogP contribution in [0, 0.1) is 5.41 Å². The van der Waals surface area contributed by atoms with Gasteiger partial charge in [-0.2, -0.15) is 5.10 Å². The van der Waals surface area contributed by atoms with E-state index in [4.69, 9.17) is 5.73 Å². The number of nitrogens with one attached hydrogen (secondary N) is 1. The number of carbonyl (C=O) groups excluding carboxylic acids is 1. The molecule has 5 heteroatoms. The van der Waals surface area contributed by atoms with Gasteiger partial charge in [-0.3, -0.25) is 9.48 Å². The molecule has 0 fully saturated rings. The van der Waals surface area contributed by atoms with Crippen LogP contribution >= 0.6 is 0 Å². The van der Waals surface area contributed by atoms with Crippen LogP contribution in [0.4, 0.5) is 5.69 Å². The summed E-state index contributed by atoms with van der Waals surface area (Å²) in [5.74, 6) is -0.0666. The van der Waals surface area contributed by atoms with E-state index in [2.05, 4.69) is 10.4 Å². The third-order valence-electron chi connectivity index (χ3n) is 2.76. The van der Waals surface area contributed by atoms with Gasteiger partial charge in [0.2, 0.25) is 5.91 Å². The molecule has 0 spiro atoms. The van der Waals surface area contributed by atoms with Crippen LogP contribution in [0.1, 0.15) is 34.1 Å². The molecule has 96 valence electrons. The summed E-state index contributed by atoms with van der Waals surface area (Å²) < 4.78 is 1.76. The number of nitrogens with two attached hydrogens (primary N) is 1. The molecular formula is C12H22N4O. The number of hydrogen-bond donors (Lipinski definition) is 2. The Balaban J connectivity index is 2.50. The molecule has 5 nitrogen and oxygen atoms in total. The van der Waals surface area contributed by atoms with E-state index in [0.717, 1.165) is 12.2 Å². The van der Waals surface area contributed by atoms with Crippen LogP contribution in [0.2, 0.25) is 0 Å². The van der Waals surface area contributed by atoms with E-state index < -0.39 is 0 Å². The SMILES string of the molecule is CCn1cc(NC(=O)CC(N)C(C)(C)C)cn1. The number of rotatable bonds is 4. The molecule has 1 heterocycles. The predicted molar refractivity (Wildman–Crippen MR) is 68.6 cm³/mol. The minimum Gasteiger partial charge on any atom is -0.327 e. The minimum atomic E-state index is -0.149. The Morgan fingerprint density at radius 1 is 1.59 bits per heavy atom. The Kier molecular flexibility index (Phi) is 4.28. The molecule has 0 aliphatic heterocycles. The molecule has 1 aromatic rings. The molecule has 3 N–H and O–H groups in total. The second-order valence-electron chi connectivity index (χ2n) is 5.31. The quantitative estimate of drug-likeness (QED) is 0.837. The average Bonchev–Trinajstić information content (AvgIpc) is 2.63. The average molecular weight is 238 g/mol. The number of anilines is 1. The Bertz CT molecular complexity index is 378. The maximum Gasteiger partial charge on any atom is 0.226 e. The zero-order valence-electron chi connectivity index (χ0n) is 11.0. The zero-order valence-corrected chi connectivity index (χ0v) is 11.0. The van der Waals surface area contributed by atoms with Gasteiger partial charge in [0.05, 0.1) is 11.9 Å². The highest BCUT2D eigenvalue weighted by Crippen LogP contribution is 2.20. The lowest BCUT2D eigenvalue weighted by Crippen LogP contribution is -2.38. The fraction of sp³-hybridized carbons (Fsp3) is 0.667. The van der Waals surface area contributed by atoms with E-state index in [9.17, 15) is 4.79 Å². The number of aromatic nitrogens is 2. The first kappa shape index (κ1) is 13.7. The highest BCUT2D eigenvalue weighted by molar-refractivity contribution is 5.90. The van der Waals surface area contributed by atoms with Crippen molar-refractivity contribution >= 4 is 11.6 Å². The number of amides is 1. The van der Waals surface area contributed by atoms with Gasteiger partial charge in [0.1, 0.15) is 0 Å². The first-order chi connectivity index (χ1) is 7.82. The molecule has 0 radical (unpaired) electrons. The highest BCUT2D eigenvalue weighted by atomic mass is 16.1. The van der Waals surface area contributed by atoms with Crippen molar-refractivity contribution in [1.82, 2.24) is 9.78 Å². The summed E-state index contributed by atoms with van der Waals surface area (Å²) >= 11 is 0. The lowest BCUT2D eigenvalue weighted by Gasteiger charge is -2.26. The number of nitrogens with zero attached hydrogens (tertiary/aromatic N) is 2. The van der Waals surface area contributed by atoms with Crippen LogP contribution in [0.15, 0.2) is 12.4 Å². The fourth-order valence-corrected chi connectivity index (χ4v) is 1.32. The van der Waals surface area contributed by atoms with E-state index in [1.54, 1.807) is 17.1 Å². The number of hydrogen-bond acceptors (Lipinski definition) is 3. The van der Waals surface area contributed by atoms with Crippen LogP contribution in [0.25, 0.3) is 0 Å². The van der Waals surface area contributed by atoms with Crippen molar-refractivity contribution in [2.75, 3.05) is 5.32 Å². The number of carbonyl (C=O) groups is 1. The van der Waals surface area contributed by atoms with Gasteiger partial charge >= 0.3 is 0 Å². The Morgan fingerprint density at radius 3 is 2.71 bits per heavy atom. The summed E-state index contributed by atoms with van der Waals surface area (Å²) in [6.07, 6.45) is 3.77. The monoisotopic (exact) mass is 238 g/mol. The molecular weight excluding hydrogens is 216 g/mol. The van der Waals surface area contributed by atoms with Gasteiger partial charge in [0.25, 0.3) is 0 Å². The van der Waals surface area contributed by atoms with E-state index in [1.807, 2.05) is 27.7 Å². The second-order valence-corrected chi connectivity index (χ2v) is 5.31. The van der Waals surface area contributed by atoms with Gasteiger partial charge in [-0.15, -0.1) is 0 Å². The van der Waals surface area contributed by atoms with Crippen LogP contribution in [-0.4, -0.2) is 21.7 Å². The number of aryl methyl sites for hydroxylation is 1. The van der Waals surface area contributed by atoms with Crippen molar-refractivity contribution in [1.29, 1.82) is 0 Å². The van der Waals surface area contributed by atoms with Crippen molar-refractivity contribution in [2.24, 2.45) is 11.1 Å². The van der Waals surface area contributed by atoms with Gasteiger partial charge in [0.15, 0.2) is 0 Å². The summed E-state index contributed by atoms with van der Waals surface area (Å²) in [6, 6.07) is -0.149. The molecule has 0 saturated heterocycles. The van der Waals surface area contributed by atoms with Crippen LogP contribution < -0.4 is 11.1 Å². The third-order valence-corrected chi connectivity index (χ3v) is 2.76. The lowest BCUT2D eigenvalue weighted by molar-refractivity contribution is -0.117. The van der Waals surface area contributed by atoms with Crippen molar-refractivity contribution in [3.8, 4) is 0 Å². The Labute approximate surface area is 102 Å². The predicted octanol–water partition coefficient (Wildman–Crippen LogP) is 1.60. The van der Waals surface area contributed by atoms with Crippen LogP contribution in [-0.2, 0) is 11.3 Å². The molecule has 1 amide bonds. The summed E-state index contributed by atoms with van der Waals surface area (Å²) in [7, 11) is 0. The largest absolute Gasteiger partial charge is 0.327 e. The van der Waals surface area contributed by atoms with Crippen LogP contribution in [0.5, 0.6) is 0 Å². The molecule has 0 aliphatic carbocycles. The first-order valence-electron chi connectivity index (χ1n) is 5.91. The molecule has 1 aromatic heterocycles. The molecule has 1 atom stereocenters. The maximum atomic E-state index is 11.7. The van der Waals surface area contributed by atoms with E-state index in [1.165, 1.54) is 0 Å². The van der Waals surface area contributed by atoms with Gasteiger partial charge in [-0.25, -0.2) is 0 Å². The lowest BCUT2D eigenvalue weighted by atomic mass is 9.85. The van der Waals surface area contributed by atoms with Crippen molar-refractivity contribution in [2.45, 2.75) is 46.7 Å². The van der Waals surface area contributed by atoms with Crippen molar-refractivity contribution in [3.63, 3.8) is 0 Å². The minimum absolute atomic E-state index is 0.0645. The molecule has 17 heavy (non-hydrogen) atoms. The molecule has 0 aliphatic rings. The topological polar surface area (TPSA) is 72.9 Å². The maximum absolute atomic E-state index is 11.7. The van der Waals surface area contributed by atoms with Crippen LogP contribution in [0.3, 0.4) is 0 Å². The van der Waals surface area contributed by atoms with Gasteiger partial charge in [-0.1, -0.05) is 20.8 Å². The summed E-state index contributed by atoms with van der Waals surface area (Å²) in [5, 5.41) is 6.88. The van der Waals surface area contributed by atoms with E-state index in [0.29, 0.717) is 6.42 Å².